The molecule has 6 atom stereocenters. The van der Waals surface area contributed by atoms with Gasteiger partial charge in [0.15, 0.2) is 17.5 Å². The van der Waals surface area contributed by atoms with Gasteiger partial charge in [0, 0.05) is 18.7 Å². The highest BCUT2D eigenvalue weighted by Gasteiger charge is 2.51. The first-order chi connectivity index (χ1) is 20.7. The van der Waals surface area contributed by atoms with Crippen molar-refractivity contribution >= 4 is 11.8 Å². The zero-order valence-electron chi connectivity index (χ0n) is 23.2. The van der Waals surface area contributed by atoms with E-state index in [4.69, 9.17) is 4.74 Å². The molecule has 16 heteroatoms. The fourth-order valence-corrected chi connectivity index (χ4v) is 7.26. The number of rotatable bonds is 7. The van der Waals surface area contributed by atoms with Crippen LogP contribution in [0.15, 0.2) is 42.6 Å². The van der Waals surface area contributed by atoms with E-state index in [0.29, 0.717) is 25.2 Å². The minimum atomic E-state index is -4.76. The fourth-order valence-electron chi connectivity index (χ4n) is 5.63. The summed E-state index contributed by atoms with van der Waals surface area (Å²) in [5.41, 5.74) is -4.58. The first kappa shape index (κ1) is 32.7. The van der Waals surface area contributed by atoms with Crippen LogP contribution in [0.4, 0.5) is 26.3 Å². The third kappa shape index (κ3) is 6.34. The minimum Gasteiger partial charge on any atom is -0.394 e. The first-order valence-electron chi connectivity index (χ1n) is 13.6. The zero-order valence-corrected chi connectivity index (χ0v) is 24.0. The van der Waals surface area contributed by atoms with E-state index in [1.54, 1.807) is 0 Å². The van der Waals surface area contributed by atoms with E-state index in [2.05, 4.69) is 10.3 Å². The Kier molecular flexibility index (Phi) is 9.33. The summed E-state index contributed by atoms with van der Waals surface area (Å²) in [6.07, 6.45) is -8.05. The number of benzene rings is 2. The summed E-state index contributed by atoms with van der Waals surface area (Å²) in [5, 5.41) is 50.6. The number of likely N-dealkylation sites (tertiary alicyclic amines) is 1. The lowest BCUT2D eigenvalue weighted by atomic mass is 9.83. The number of aromatic nitrogens is 3. The molecular formula is C28H30F6N4O5S. The van der Waals surface area contributed by atoms with Crippen LogP contribution in [-0.2, 0) is 10.9 Å². The number of hydrogen-bond acceptors (Lipinski definition) is 9. The maximum absolute atomic E-state index is 14.2. The number of aliphatic hydroxyl groups is 4. The third-order valence-electron chi connectivity index (χ3n) is 8.10. The summed E-state index contributed by atoms with van der Waals surface area (Å²) in [7, 11) is 1.82. The lowest BCUT2D eigenvalue weighted by molar-refractivity contribution is -0.179. The van der Waals surface area contributed by atoms with Gasteiger partial charge in [0.05, 0.1) is 29.2 Å². The van der Waals surface area contributed by atoms with E-state index in [-0.39, 0.29) is 29.7 Å². The largest absolute Gasteiger partial charge is 0.416 e. The first-order valence-corrected chi connectivity index (χ1v) is 14.6. The molecule has 1 unspecified atom stereocenters. The summed E-state index contributed by atoms with van der Waals surface area (Å²) >= 11 is 0.727. The molecule has 5 rings (SSSR count). The normalized spacial score (nSPS) is 26.9. The molecule has 4 N–H and O–H groups in total. The van der Waals surface area contributed by atoms with E-state index >= 15 is 0 Å². The van der Waals surface area contributed by atoms with E-state index in [9.17, 15) is 46.8 Å². The summed E-state index contributed by atoms with van der Waals surface area (Å²) in [6.45, 7) is 0.0295. The molecule has 3 aromatic rings. The standard InChI is InChI=1S/C28H30F6N4O5S/c1-37-8-6-27(42,7-9-37)25(15-4-2-3-5-16(15)28(32,33)34)44-26-24(41)22(23(40)20(13-39)43-26)38-12-19(35-36-38)14-10-17(29)21(31)18(30)11-14/h2-5,10-12,20,22-26,39-42H,6-9,13H2,1H3/t20-,22+,23+,24-,25?,26+/m1/s1. The predicted molar refractivity (Wildman–Crippen MR) is 146 cm³/mol. The Labute approximate surface area is 252 Å². The van der Waals surface area contributed by atoms with Crippen LogP contribution in [0.2, 0.25) is 0 Å². The highest BCUT2D eigenvalue weighted by Crippen LogP contribution is 2.51. The van der Waals surface area contributed by atoms with Gasteiger partial charge >= 0.3 is 6.18 Å². The van der Waals surface area contributed by atoms with Crippen LogP contribution in [0, 0.1) is 17.5 Å². The van der Waals surface area contributed by atoms with Crippen LogP contribution in [0.25, 0.3) is 11.3 Å². The van der Waals surface area contributed by atoms with Gasteiger partial charge < -0.3 is 30.1 Å². The third-order valence-corrected chi connectivity index (χ3v) is 9.73. The maximum atomic E-state index is 14.2. The lowest BCUT2D eigenvalue weighted by Crippen LogP contribution is -2.56. The van der Waals surface area contributed by atoms with E-state index in [0.717, 1.165) is 28.7 Å². The monoisotopic (exact) mass is 648 g/mol. The number of piperidine rings is 1. The van der Waals surface area contributed by atoms with Crippen molar-refractivity contribution in [1.29, 1.82) is 0 Å². The summed E-state index contributed by atoms with van der Waals surface area (Å²) in [5.74, 6) is -4.64. The van der Waals surface area contributed by atoms with Crippen molar-refractivity contribution < 1.29 is 51.5 Å². The molecular weight excluding hydrogens is 618 g/mol. The van der Waals surface area contributed by atoms with Crippen molar-refractivity contribution in [2.24, 2.45) is 0 Å². The van der Waals surface area contributed by atoms with Gasteiger partial charge in [0.2, 0.25) is 0 Å². The Balaban J connectivity index is 1.51. The Morgan fingerprint density at radius 2 is 1.70 bits per heavy atom. The maximum Gasteiger partial charge on any atom is 0.416 e. The fraction of sp³-hybridized carbons (Fsp3) is 0.500. The predicted octanol–water partition coefficient (Wildman–Crippen LogP) is 3.29. The van der Waals surface area contributed by atoms with Crippen LogP contribution >= 0.6 is 11.8 Å². The summed E-state index contributed by atoms with van der Waals surface area (Å²) in [4.78, 5) is 1.92. The van der Waals surface area contributed by atoms with E-state index in [1.807, 2.05) is 11.9 Å². The number of nitrogens with zero attached hydrogens (tertiary/aromatic N) is 4. The van der Waals surface area contributed by atoms with Crippen molar-refractivity contribution in [1.82, 2.24) is 19.9 Å². The Hall–Kier alpha value is -2.73. The van der Waals surface area contributed by atoms with Gasteiger partial charge in [0.25, 0.3) is 0 Å². The van der Waals surface area contributed by atoms with Crippen molar-refractivity contribution in [3.63, 3.8) is 0 Å². The molecule has 0 radical (unpaired) electrons. The molecule has 3 heterocycles. The van der Waals surface area contributed by atoms with Crippen molar-refractivity contribution in [3.8, 4) is 11.3 Å². The van der Waals surface area contributed by atoms with Crippen LogP contribution in [0.1, 0.15) is 35.3 Å². The zero-order chi connectivity index (χ0) is 32.0. The van der Waals surface area contributed by atoms with Gasteiger partial charge in [-0.2, -0.15) is 13.2 Å². The highest BCUT2D eigenvalue weighted by molar-refractivity contribution is 8.00. The van der Waals surface area contributed by atoms with Crippen molar-refractivity contribution in [2.75, 3.05) is 26.7 Å². The molecule has 1 aromatic heterocycles. The van der Waals surface area contributed by atoms with Gasteiger partial charge in [-0.25, -0.2) is 17.9 Å². The molecule has 0 saturated carbocycles. The van der Waals surface area contributed by atoms with Crippen molar-refractivity contribution in [3.05, 3.63) is 71.2 Å². The van der Waals surface area contributed by atoms with Crippen LogP contribution < -0.4 is 0 Å². The molecule has 240 valence electrons. The minimum absolute atomic E-state index is 0.114. The summed E-state index contributed by atoms with van der Waals surface area (Å²) in [6, 6.07) is 4.77. The molecule has 9 nitrogen and oxygen atoms in total. The molecule has 0 aliphatic carbocycles. The second kappa shape index (κ2) is 12.6. The number of alkyl halides is 3. The average molecular weight is 649 g/mol. The van der Waals surface area contributed by atoms with Crippen LogP contribution in [0.3, 0.4) is 0 Å². The van der Waals surface area contributed by atoms with Crippen LogP contribution in [-0.4, -0.2) is 96.4 Å². The van der Waals surface area contributed by atoms with Gasteiger partial charge in [-0.3, -0.25) is 0 Å². The molecule has 0 amide bonds. The number of hydrogen-bond donors (Lipinski definition) is 4. The van der Waals surface area contributed by atoms with Crippen molar-refractivity contribution in [2.45, 2.75) is 59.7 Å². The number of thioether (sulfide) groups is 1. The molecule has 0 spiro atoms. The second-order valence-corrected chi connectivity index (χ2v) is 12.3. The van der Waals surface area contributed by atoms with Gasteiger partial charge in [-0.1, -0.05) is 23.4 Å². The Morgan fingerprint density at radius 3 is 2.32 bits per heavy atom. The SMILES string of the molecule is CN1CCC(O)(C(S[C@@H]2O[C@H](CO)[C@H](O)[C@H](n3cc(-c4cc(F)c(F)c(F)c4)nn3)[C@H]2O)c2ccccc2C(F)(F)F)CC1. The average Bonchev–Trinajstić information content (AvgIpc) is 3.46. The molecule has 2 aliphatic rings. The van der Waals surface area contributed by atoms with Gasteiger partial charge in [0.1, 0.15) is 35.5 Å². The van der Waals surface area contributed by atoms with E-state index in [1.165, 1.54) is 18.2 Å². The van der Waals surface area contributed by atoms with Crippen LogP contribution in [0.5, 0.6) is 0 Å². The highest BCUT2D eigenvalue weighted by atomic mass is 32.2. The molecule has 44 heavy (non-hydrogen) atoms. The molecule has 2 aliphatic heterocycles. The molecule has 2 saturated heterocycles. The van der Waals surface area contributed by atoms with E-state index < -0.39 is 76.4 Å². The quantitative estimate of drug-likeness (QED) is 0.226. The Morgan fingerprint density at radius 1 is 1.07 bits per heavy atom. The number of ether oxygens (including phenoxy) is 1. The molecule has 0 bridgehead atoms. The topological polar surface area (TPSA) is 124 Å². The Bertz CT molecular complexity index is 1450. The molecule has 2 fully saturated rings. The smallest absolute Gasteiger partial charge is 0.394 e. The van der Waals surface area contributed by atoms with Gasteiger partial charge in [-0.05, 0) is 43.7 Å². The van der Waals surface area contributed by atoms with Gasteiger partial charge in [-0.15, -0.1) is 16.9 Å². The number of aliphatic hydroxyl groups excluding tert-OH is 3. The number of halogens is 6. The molecule has 2 aromatic carbocycles. The lowest BCUT2D eigenvalue weighted by Gasteiger charge is -2.47. The second-order valence-electron chi connectivity index (χ2n) is 11.0. The summed E-state index contributed by atoms with van der Waals surface area (Å²) < 4.78 is 90.4.